The predicted octanol–water partition coefficient (Wildman–Crippen LogP) is 0.696. The Morgan fingerprint density at radius 2 is 2.20 bits per heavy atom. The fourth-order valence-electron chi connectivity index (χ4n) is 3.69. The SMILES string of the molecule is CCNC1(C(=O)OC)CCC(N2CCN(C)C(C)C2)C1. The molecule has 1 aliphatic carbocycles. The highest BCUT2D eigenvalue weighted by atomic mass is 16.5. The number of likely N-dealkylation sites (N-methyl/N-ethyl adjacent to an activating group) is 2. The Bertz CT molecular complexity index is 350. The molecule has 0 aromatic carbocycles. The molecule has 1 heterocycles. The van der Waals surface area contributed by atoms with Gasteiger partial charge in [-0.1, -0.05) is 6.92 Å². The van der Waals surface area contributed by atoms with Crippen molar-refractivity contribution in [3.05, 3.63) is 0 Å². The van der Waals surface area contributed by atoms with Gasteiger partial charge in [0.25, 0.3) is 0 Å². The van der Waals surface area contributed by atoms with Crippen LogP contribution in [0.2, 0.25) is 0 Å². The van der Waals surface area contributed by atoms with E-state index < -0.39 is 5.54 Å². The molecule has 20 heavy (non-hydrogen) atoms. The number of rotatable bonds is 4. The van der Waals surface area contributed by atoms with Crippen LogP contribution in [-0.4, -0.2) is 73.7 Å². The molecule has 5 heteroatoms. The molecule has 3 atom stereocenters. The second kappa shape index (κ2) is 6.41. The van der Waals surface area contributed by atoms with Gasteiger partial charge >= 0.3 is 5.97 Å². The highest BCUT2D eigenvalue weighted by Crippen LogP contribution is 2.35. The molecule has 0 bridgehead atoms. The molecule has 0 amide bonds. The molecule has 0 aromatic heterocycles. The minimum Gasteiger partial charge on any atom is -0.468 e. The van der Waals surface area contributed by atoms with Crippen LogP contribution in [0.15, 0.2) is 0 Å². The predicted molar refractivity (Wildman–Crippen MR) is 79.7 cm³/mol. The van der Waals surface area contributed by atoms with Gasteiger partial charge in [0.1, 0.15) is 5.54 Å². The first-order valence-electron chi connectivity index (χ1n) is 7.80. The molecule has 116 valence electrons. The number of piperazine rings is 1. The third-order valence-electron chi connectivity index (χ3n) is 5.09. The summed E-state index contributed by atoms with van der Waals surface area (Å²) in [6.45, 7) is 8.46. The lowest BCUT2D eigenvalue weighted by Gasteiger charge is -2.41. The standard InChI is InChI=1S/C15H29N3O2/c1-5-16-15(14(19)20-4)7-6-13(10-15)18-9-8-17(3)12(2)11-18/h12-13,16H,5-11H2,1-4H3. The van der Waals surface area contributed by atoms with Crippen LogP contribution in [0.4, 0.5) is 0 Å². The number of carbonyl (C=O) groups excluding carboxylic acids is 1. The summed E-state index contributed by atoms with van der Waals surface area (Å²) in [6.07, 6.45) is 2.85. The van der Waals surface area contributed by atoms with Crippen molar-refractivity contribution in [3.63, 3.8) is 0 Å². The Morgan fingerprint density at radius 1 is 1.45 bits per heavy atom. The van der Waals surface area contributed by atoms with Gasteiger partial charge in [-0.25, -0.2) is 0 Å². The molecule has 2 aliphatic rings. The van der Waals surface area contributed by atoms with Gasteiger partial charge in [0, 0.05) is 31.7 Å². The number of hydrogen-bond acceptors (Lipinski definition) is 5. The first-order chi connectivity index (χ1) is 9.52. The average molecular weight is 283 g/mol. The highest BCUT2D eigenvalue weighted by molar-refractivity contribution is 5.81. The lowest BCUT2D eigenvalue weighted by atomic mass is 9.97. The molecular formula is C15H29N3O2. The van der Waals surface area contributed by atoms with Crippen LogP contribution in [0, 0.1) is 0 Å². The zero-order chi connectivity index (χ0) is 14.8. The maximum absolute atomic E-state index is 12.2. The number of methoxy groups -OCH3 is 1. The van der Waals surface area contributed by atoms with E-state index in [-0.39, 0.29) is 5.97 Å². The molecule has 2 rings (SSSR count). The number of esters is 1. The van der Waals surface area contributed by atoms with Gasteiger partial charge in [-0.2, -0.15) is 0 Å². The molecule has 0 radical (unpaired) electrons. The lowest BCUT2D eigenvalue weighted by Crippen LogP contribution is -2.55. The van der Waals surface area contributed by atoms with Crippen molar-refractivity contribution in [3.8, 4) is 0 Å². The number of hydrogen-bond donors (Lipinski definition) is 1. The van der Waals surface area contributed by atoms with Crippen LogP contribution < -0.4 is 5.32 Å². The van der Waals surface area contributed by atoms with Crippen molar-refractivity contribution in [2.45, 2.75) is 50.7 Å². The van der Waals surface area contributed by atoms with E-state index in [0.29, 0.717) is 12.1 Å². The molecule has 0 spiro atoms. The number of ether oxygens (including phenoxy) is 1. The van der Waals surface area contributed by atoms with Crippen molar-refractivity contribution >= 4 is 5.97 Å². The monoisotopic (exact) mass is 283 g/mol. The summed E-state index contributed by atoms with van der Waals surface area (Å²) in [5.41, 5.74) is -0.458. The average Bonchev–Trinajstić information content (AvgIpc) is 2.87. The minimum absolute atomic E-state index is 0.0935. The number of carbonyl (C=O) groups is 1. The van der Waals surface area contributed by atoms with E-state index in [9.17, 15) is 4.79 Å². The second-order valence-electron chi connectivity index (χ2n) is 6.33. The van der Waals surface area contributed by atoms with E-state index >= 15 is 0 Å². The first kappa shape index (κ1) is 15.7. The third kappa shape index (κ3) is 3.00. The molecule has 3 unspecified atom stereocenters. The maximum atomic E-state index is 12.2. The molecule has 0 aromatic rings. The summed E-state index contributed by atoms with van der Waals surface area (Å²) < 4.78 is 5.04. The van der Waals surface area contributed by atoms with Crippen molar-refractivity contribution < 1.29 is 9.53 Å². The summed E-state index contributed by atoms with van der Waals surface area (Å²) in [4.78, 5) is 17.1. The normalized spacial score (nSPS) is 36.2. The van der Waals surface area contributed by atoms with E-state index in [0.717, 1.165) is 45.4 Å². The van der Waals surface area contributed by atoms with Gasteiger partial charge in [-0.3, -0.25) is 9.69 Å². The zero-order valence-electron chi connectivity index (χ0n) is 13.3. The Hall–Kier alpha value is -0.650. The first-order valence-corrected chi connectivity index (χ1v) is 7.80. The van der Waals surface area contributed by atoms with Crippen molar-refractivity contribution in [1.82, 2.24) is 15.1 Å². The summed E-state index contributed by atoms with van der Waals surface area (Å²) in [5.74, 6) is -0.0935. The van der Waals surface area contributed by atoms with Crippen molar-refractivity contribution in [2.24, 2.45) is 0 Å². The molecule has 1 N–H and O–H groups in total. The van der Waals surface area contributed by atoms with Crippen LogP contribution in [-0.2, 0) is 9.53 Å². The van der Waals surface area contributed by atoms with E-state index in [1.807, 2.05) is 0 Å². The van der Waals surface area contributed by atoms with Crippen LogP contribution in [0.1, 0.15) is 33.1 Å². The molecule has 1 saturated carbocycles. The van der Waals surface area contributed by atoms with Crippen molar-refractivity contribution in [2.75, 3.05) is 40.3 Å². The molecule has 1 aliphatic heterocycles. The fraction of sp³-hybridized carbons (Fsp3) is 0.933. The lowest BCUT2D eigenvalue weighted by molar-refractivity contribution is -0.148. The smallest absolute Gasteiger partial charge is 0.326 e. The van der Waals surface area contributed by atoms with E-state index in [4.69, 9.17) is 4.74 Å². The summed E-state index contributed by atoms with van der Waals surface area (Å²) in [5, 5.41) is 3.39. The van der Waals surface area contributed by atoms with Gasteiger partial charge in [0.05, 0.1) is 7.11 Å². The Balaban J connectivity index is 2.01. The van der Waals surface area contributed by atoms with Crippen LogP contribution >= 0.6 is 0 Å². The molecule has 1 saturated heterocycles. The van der Waals surface area contributed by atoms with E-state index in [1.165, 1.54) is 7.11 Å². The molecule has 2 fully saturated rings. The molecule has 5 nitrogen and oxygen atoms in total. The minimum atomic E-state index is -0.458. The largest absolute Gasteiger partial charge is 0.468 e. The quantitative estimate of drug-likeness (QED) is 0.769. The van der Waals surface area contributed by atoms with Gasteiger partial charge in [-0.05, 0) is 39.8 Å². The van der Waals surface area contributed by atoms with Crippen LogP contribution in [0.5, 0.6) is 0 Å². The number of nitrogens with zero attached hydrogens (tertiary/aromatic N) is 2. The topological polar surface area (TPSA) is 44.8 Å². The van der Waals surface area contributed by atoms with Crippen molar-refractivity contribution in [1.29, 1.82) is 0 Å². The zero-order valence-corrected chi connectivity index (χ0v) is 13.3. The molecular weight excluding hydrogens is 254 g/mol. The van der Waals surface area contributed by atoms with Gasteiger partial charge in [0.2, 0.25) is 0 Å². The summed E-state index contributed by atoms with van der Waals surface area (Å²) in [7, 11) is 3.68. The number of nitrogens with one attached hydrogen (secondary N) is 1. The van der Waals surface area contributed by atoms with Crippen LogP contribution in [0.25, 0.3) is 0 Å². The Morgan fingerprint density at radius 3 is 2.80 bits per heavy atom. The summed E-state index contributed by atoms with van der Waals surface area (Å²) in [6, 6.07) is 1.10. The second-order valence-corrected chi connectivity index (χ2v) is 6.33. The van der Waals surface area contributed by atoms with Gasteiger partial charge < -0.3 is 15.0 Å². The van der Waals surface area contributed by atoms with E-state index in [2.05, 4.69) is 36.0 Å². The van der Waals surface area contributed by atoms with Crippen LogP contribution in [0.3, 0.4) is 0 Å². The van der Waals surface area contributed by atoms with Gasteiger partial charge in [0.15, 0.2) is 0 Å². The van der Waals surface area contributed by atoms with Gasteiger partial charge in [-0.15, -0.1) is 0 Å². The summed E-state index contributed by atoms with van der Waals surface area (Å²) >= 11 is 0. The highest BCUT2D eigenvalue weighted by Gasteiger charge is 2.47. The third-order valence-corrected chi connectivity index (χ3v) is 5.09. The maximum Gasteiger partial charge on any atom is 0.326 e. The fourth-order valence-corrected chi connectivity index (χ4v) is 3.69. The Kier molecular flexibility index (Phi) is 5.04. The van der Waals surface area contributed by atoms with E-state index in [1.54, 1.807) is 0 Å². The Labute approximate surface area is 122 Å².